The second-order valence-electron chi connectivity index (χ2n) is 11.4. The molecule has 214 valence electrons. The Labute approximate surface area is 286 Å². The molecule has 0 bridgehead atoms. The number of carboxylic acid groups (broad SMARTS) is 2. The first-order valence-electron chi connectivity index (χ1n) is 14.2. The number of carbonyl (C=O) groups is 3. The summed E-state index contributed by atoms with van der Waals surface area (Å²) in [4.78, 5) is 36.1. The molecule has 1 aliphatic heterocycles. The Morgan fingerprint density at radius 3 is 2.05 bits per heavy atom. The molecule has 0 saturated carbocycles. The van der Waals surface area contributed by atoms with Crippen LogP contribution in [0.3, 0.4) is 0 Å². The minimum atomic E-state index is -1.37. The van der Waals surface area contributed by atoms with Crippen LogP contribution in [-0.2, 0) is 9.59 Å². The van der Waals surface area contributed by atoms with Gasteiger partial charge in [0.15, 0.2) is 0 Å². The number of nitrogens with one attached hydrogen (secondary N) is 1. The third kappa shape index (κ3) is 19.2. The van der Waals surface area contributed by atoms with Crippen molar-refractivity contribution < 1.29 is 83.7 Å². The monoisotopic (exact) mass is 584 g/mol. The van der Waals surface area contributed by atoms with E-state index < -0.39 is 30.1 Å². The molecule has 0 aromatic rings. The van der Waals surface area contributed by atoms with Gasteiger partial charge in [-0.15, -0.1) is 0 Å². The van der Waals surface area contributed by atoms with Gasteiger partial charge in [0.2, 0.25) is 0 Å². The van der Waals surface area contributed by atoms with Crippen LogP contribution in [0, 0.1) is 17.8 Å². The number of hydrogen-bond donors (Lipinski definition) is 1. The summed E-state index contributed by atoms with van der Waals surface area (Å²) >= 11 is 1.41. The number of nitrogens with zero attached hydrogens (tertiary/aromatic N) is 1. The molecule has 4 atom stereocenters. The number of allylic oxidation sites excluding steroid dienone is 1. The van der Waals surface area contributed by atoms with Gasteiger partial charge in [0.25, 0.3) is 0 Å². The SMILES string of the molecule is C/C(=C\CSC[C@H](NC(=O)N1CCC[C@H]1C(=O)[O-])C(=O)[O-])CCCC(C)CCCC(C)CCCC(C)C.[Na+].[Na+]. The van der Waals surface area contributed by atoms with Crippen LogP contribution < -0.4 is 74.6 Å². The second kappa shape index (κ2) is 23.8. The van der Waals surface area contributed by atoms with E-state index in [1.54, 1.807) is 0 Å². The molecule has 0 aliphatic carbocycles. The third-order valence-corrected chi connectivity index (χ3v) is 8.31. The van der Waals surface area contributed by atoms with E-state index >= 15 is 0 Å². The van der Waals surface area contributed by atoms with E-state index in [9.17, 15) is 24.6 Å². The summed E-state index contributed by atoms with van der Waals surface area (Å²) in [7, 11) is 0. The minimum absolute atomic E-state index is 0. The molecule has 7 nitrogen and oxygen atoms in total. The van der Waals surface area contributed by atoms with Gasteiger partial charge in [0, 0.05) is 18.1 Å². The number of carboxylic acids is 2. The first-order valence-corrected chi connectivity index (χ1v) is 15.4. The molecule has 2 unspecified atom stereocenters. The Kier molecular flexibility index (Phi) is 25.3. The summed E-state index contributed by atoms with van der Waals surface area (Å²) in [5.74, 6) is 0.509. The van der Waals surface area contributed by atoms with Crippen molar-refractivity contribution in [1.82, 2.24) is 10.2 Å². The average molecular weight is 585 g/mol. The fourth-order valence-corrected chi connectivity index (χ4v) is 5.85. The fraction of sp³-hybridized carbons (Fsp3) is 0.828. The van der Waals surface area contributed by atoms with Crippen LogP contribution in [0.2, 0.25) is 0 Å². The molecule has 1 N–H and O–H groups in total. The van der Waals surface area contributed by atoms with Crippen LogP contribution in [-0.4, -0.2) is 53.0 Å². The number of amides is 2. The van der Waals surface area contributed by atoms with Crippen molar-refractivity contribution in [3.63, 3.8) is 0 Å². The molecule has 1 fully saturated rings. The maximum absolute atomic E-state index is 12.4. The molecular formula is C29H50N2Na2O5S. The Hall–Kier alpha value is 0.300. The molecule has 1 saturated heterocycles. The fourth-order valence-electron chi connectivity index (χ4n) is 4.85. The van der Waals surface area contributed by atoms with Crippen LogP contribution in [0.15, 0.2) is 11.6 Å². The van der Waals surface area contributed by atoms with E-state index in [4.69, 9.17) is 0 Å². The predicted molar refractivity (Wildman–Crippen MR) is 148 cm³/mol. The van der Waals surface area contributed by atoms with Crippen molar-refractivity contribution in [1.29, 1.82) is 0 Å². The van der Waals surface area contributed by atoms with E-state index in [0.29, 0.717) is 18.6 Å². The van der Waals surface area contributed by atoms with E-state index in [0.717, 1.165) is 35.5 Å². The van der Waals surface area contributed by atoms with Gasteiger partial charge in [0.05, 0.1) is 24.0 Å². The number of likely N-dealkylation sites (tertiary alicyclic amines) is 1. The summed E-state index contributed by atoms with van der Waals surface area (Å²) in [5.41, 5.74) is 1.29. The zero-order valence-electron chi connectivity index (χ0n) is 25.8. The van der Waals surface area contributed by atoms with Gasteiger partial charge in [-0.3, -0.25) is 0 Å². The summed E-state index contributed by atoms with van der Waals surface area (Å²) < 4.78 is 0. The Balaban J connectivity index is 0. The molecule has 10 heteroatoms. The molecular weight excluding hydrogens is 534 g/mol. The molecule has 1 heterocycles. The largest absolute Gasteiger partial charge is 1.00 e. The zero-order valence-corrected chi connectivity index (χ0v) is 30.6. The van der Waals surface area contributed by atoms with Gasteiger partial charge in [-0.1, -0.05) is 84.3 Å². The molecule has 0 aromatic carbocycles. The van der Waals surface area contributed by atoms with Gasteiger partial charge in [-0.2, -0.15) is 11.8 Å². The third-order valence-electron chi connectivity index (χ3n) is 7.34. The molecule has 1 rings (SSSR count). The molecule has 1 aliphatic rings. The first-order chi connectivity index (χ1) is 17.5. The smallest absolute Gasteiger partial charge is 0.548 e. The number of urea groups is 1. The number of carbonyl (C=O) groups excluding carboxylic acids is 3. The van der Waals surface area contributed by atoms with Crippen molar-refractivity contribution in [3.8, 4) is 0 Å². The maximum atomic E-state index is 12.4. The van der Waals surface area contributed by atoms with Gasteiger partial charge < -0.3 is 30.0 Å². The Morgan fingerprint density at radius 1 is 0.949 bits per heavy atom. The summed E-state index contributed by atoms with van der Waals surface area (Å²) in [5, 5.41) is 25.1. The number of thioether (sulfide) groups is 1. The van der Waals surface area contributed by atoms with Crippen molar-refractivity contribution in [3.05, 3.63) is 11.6 Å². The van der Waals surface area contributed by atoms with Crippen LogP contribution in [0.1, 0.15) is 105 Å². The van der Waals surface area contributed by atoms with Crippen molar-refractivity contribution in [2.24, 2.45) is 17.8 Å². The van der Waals surface area contributed by atoms with Gasteiger partial charge in [0.1, 0.15) is 0 Å². The van der Waals surface area contributed by atoms with E-state index in [1.165, 1.54) is 62.3 Å². The van der Waals surface area contributed by atoms with Crippen molar-refractivity contribution in [2.75, 3.05) is 18.1 Å². The molecule has 0 spiro atoms. The number of rotatable bonds is 19. The molecule has 2 amide bonds. The van der Waals surface area contributed by atoms with E-state index in [2.05, 4.69) is 46.0 Å². The first kappa shape index (κ1) is 41.4. The summed E-state index contributed by atoms with van der Waals surface area (Å²) in [6.07, 6.45) is 14.4. The van der Waals surface area contributed by atoms with E-state index in [1.807, 2.05) is 0 Å². The van der Waals surface area contributed by atoms with Crippen molar-refractivity contribution in [2.45, 2.75) is 117 Å². The number of aliphatic carboxylic acids is 2. The quantitative estimate of drug-likeness (QED) is 0.109. The van der Waals surface area contributed by atoms with E-state index in [-0.39, 0.29) is 71.4 Å². The standard InChI is InChI=1S/C29H52N2O5S.2Na/c1-21(2)10-6-11-22(3)12-7-13-23(4)14-8-15-24(5)17-19-37-20-25(27(32)33)30-29(36)31-18-9-16-26(31)28(34)35;;/h17,21-23,25-26H,6-16,18-20H2,1-5H3,(H,30,36)(H,32,33)(H,34,35);;/q;2*+1/p-2/b24-17+;;/t22?,23?,25-,26-;;/m0../s1. The van der Waals surface area contributed by atoms with Gasteiger partial charge in [-0.25, -0.2) is 4.79 Å². The topological polar surface area (TPSA) is 113 Å². The molecule has 39 heavy (non-hydrogen) atoms. The van der Waals surface area contributed by atoms with Crippen LogP contribution in [0.5, 0.6) is 0 Å². The second-order valence-corrected chi connectivity index (χ2v) is 12.5. The maximum Gasteiger partial charge on any atom is 1.00 e. The van der Waals surface area contributed by atoms with Crippen LogP contribution in [0.25, 0.3) is 0 Å². The number of hydrogen-bond acceptors (Lipinski definition) is 6. The zero-order chi connectivity index (χ0) is 27.8. The van der Waals surface area contributed by atoms with Crippen LogP contribution >= 0.6 is 11.8 Å². The molecule has 0 aromatic heterocycles. The average Bonchev–Trinajstić information content (AvgIpc) is 3.31. The van der Waals surface area contributed by atoms with Gasteiger partial charge in [-0.05, 0) is 50.4 Å². The van der Waals surface area contributed by atoms with Crippen LogP contribution in [0.4, 0.5) is 4.79 Å². The Bertz CT molecular complexity index is 738. The molecule has 0 radical (unpaired) electrons. The normalized spacial score (nSPS) is 17.6. The van der Waals surface area contributed by atoms with Crippen molar-refractivity contribution >= 4 is 29.7 Å². The summed E-state index contributed by atoms with van der Waals surface area (Å²) in [6, 6.07) is -2.87. The predicted octanol–water partition coefficient (Wildman–Crippen LogP) is -1.84. The van der Waals surface area contributed by atoms with Gasteiger partial charge >= 0.3 is 65.1 Å². The Morgan fingerprint density at radius 2 is 1.51 bits per heavy atom. The summed E-state index contributed by atoms with van der Waals surface area (Å²) in [6.45, 7) is 11.7. The minimum Gasteiger partial charge on any atom is -0.548 e.